The molecule has 0 aromatic heterocycles. The summed E-state index contributed by atoms with van der Waals surface area (Å²) in [5.74, 6) is -0.454. The Morgan fingerprint density at radius 1 is 1.61 bits per heavy atom. The van der Waals surface area contributed by atoms with Crippen LogP contribution in [0.25, 0.3) is 0 Å². The Hall–Kier alpha value is -0.690. The van der Waals surface area contributed by atoms with Gasteiger partial charge >= 0.3 is 0 Å². The molecule has 18 heavy (non-hydrogen) atoms. The fraction of sp³-hybridized carbons (Fsp3) is 0.462. The lowest BCUT2D eigenvalue weighted by Gasteiger charge is -2.22. The topological polar surface area (TPSA) is 46.3 Å². The Labute approximate surface area is 120 Å². The number of carbonyl (C=O) groups excluding carboxylic acids is 1. The minimum absolute atomic E-state index is 0.00257. The highest BCUT2D eigenvalue weighted by atomic mass is 127. The van der Waals surface area contributed by atoms with Crippen molar-refractivity contribution >= 4 is 28.5 Å². The molecule has 1 aliphatic heterocycles. The van der Waals surface area contributed by atoms with E-state index in [1.54, 1.807) is 17.0 Å². The summed E-state index contributed by atoms with van der Waals surface area (Å²) in [6.07, 6.45) is 0.905. The van der Waals surface area contributed by atoms with Crippen molar-refractivity contribution in [2.75, 3.05) is 19.6 Å². The lowest BCUT2D eigenvalue weighted by atomic mass is 9.90. The molecule has 1 heterocycles. The number of rotatable bonds is 2. The molecule has 3 nitrogen and oxygen atoms in total. The van der Waals surface area contributed by atoms with Crippen LogP contribution in [0.3, 0.4) is 0 Å². The summed E-state index contributed by atoms with van der Waals surface area (Å²) in [4.78, 5) is 14.0. The molecular formula is C13H16FIN2O. The van der Waals surface area contributed by atoms with Crippen molar-refractivity contribution < 1.29 is 9.18 Å². The maximum Gasteiger partial charge on any atom is 0.253 e. The minimum Gasteiger partial charge on any atom is -0.338 e. The van der Waals surface area contributed by atoms with Crippen molar-refractivity contribution in [1.82, 2.24) is 4.90 Å². The first-order valence-electron chi connectivity index (χ1n) is 5.90. The van der Waals surface area contributed by atoms with Gasteiger partial charge in [-0.2, -0.15) is 0 Å². The number of hydrogen-bond acceptors (Lipinski definition) is 2. The Morgan fingerprint density at radius 2 is 2.33 bits per heavy atom. The van der Waals surface area contributed by atoms with Gasteiger partial charge in [-0.05, 0) is 59.2 Å². The van der Waals surface area contributed by atoms with Crippen LogP contribution in [0.4, 0.5) is 4.39 Å². The van der Waals surface area contributed by atoms with Gasteiger partial charge in [0, 0.05) is 22.2 Å². The maximum atomic E-state index is 13.4. The number of nitrogens with two attached hydrogens (primary N) is 1. The normalized spacial score (nSPS) is 23.4. The van der Waals surface area contributed by atoms with Gasteiger partial charge in [-0.3, -0.25) is 4.79 Å². The van der Waals surface area contributed by atoms with E-state index in [0.29, 0.717) is 28.8 Å². The zero-order valence-corrected chi connectivity index (χ0v) is 12.4. The molecule has 0 bridgehead atoms. The number of halogens is 2. The number of nitrogens with zero attached hydrogens (tertiary/aromatic N) is 1. The summed E-state index contributed by atoms with van der Waals surface area (Å²) in [6, 6.07) is 4.61. The molecule has 98 valence electrons. The highest BCUT2D eigenvalue weighted by Gasteiger charge is 2.35. The van der Waals surface area contributed by atoms with Gasteiger partial charge in [0.05, 0.1) is 0 Å². The molecule has 1 saturated heterocycles. The van der Waals surface area contributed by atoms with Gasteiger partial charge in [0.1, 0.15) is 5.82 Å². The molecule has 0 radical (unpaired) electrons. The van der Waals surface area contributed by atoms with Crippen molar-refractivity contribution in [3.05, 3.63) is 33.1 Å². The number of amides is 1. The Bertz CT molecular complexity index is 480. The Balaban J connectivity index is 2.15. The van der Waals surface area contributed by atoms with Crippen LogP contribution < -0.4 is 5.73 Å². The van der Waals surface area contributed by atoms with Crippen LogP contribution >= 0.6 is 22.6 Å². The van der Waals surface area contributed by atoms with Crippen molar-refractivity contribution in [3.8, 4) is 0 Å². The molecule has 1 unspecified atom stereocenters. The molecule has 1 aliphatic rings. The fourth-order valence-corrected chi connectivity index (χ4v) is 2.51. The molecule has 0 aliphatic carbocycles. The van der Waals surface area contributed by atoms with Crippen molar-refractivity contribution in [3.63, 3.8) is 0 Å². The summed E-state index contributed by atoms with van der Waals surface area (Å²) in [6.45, 7) is 3.99. The third kappa shape index (κ3) is 2.66. The lowest BCUT2D eigenvalue weighted by Crippen LogP contribution is -2.34. The SMILES string of the molecule is CC1(CN)CCN(C(=O)c2ccc(I)c(F)c2)C1. The first kappa shape index (κ1) is 13.7. The number of benzene rings is 1. The lowest BCUT2D eigenvalue weighted by molar-refractivity contribution is 0.0776. The van der Waals surface area contributed by atoms with Gasteiger partial charge in [0.15, 0.2) is 0 Å². The van der Waals surface area contributed by atoms with E-state index in [9.17, 15) is 9.18 Å². The molecule has 1 fully saturated rings. The van der Waals surface area contributed by atoms with Crippen molar-refractivity contribution in [2.45, 2.75) is 13.3 Å². The van der Waals surface area contributed by atoms with E-state index in [2.05, 4.69) is 6.92 Å². The molecule has 2 rings (SSSR count). The Morgan fingerprint density at radius 3 is 2.89 bits per heavy atom. The average Bonchev–Trinajstić information content (AvgIpc) is 2.75. The standard InChI is InChI=1S/C13H16FIN2O/c1-13(7-16)4-5-17(8-13)12(18)9-2-3-11(15)10(14)6-9/h2-3,6H,4-5,7-8,16H2,1H3. The summed E-state index contributed by atoms with van der Waals surface area (Å²) in [7, 11) is 0. The third-order valence-corrected chi connectivity index (χ3v) is 4.38. The van der Waals surface area contributed by atoms with E-state index < -0.39 is 0 Å². The quantitative estimate of drug-likeness (QED) is 0.821. The van der Waals surface area contributed by atoms with Gasteiger partial charge in [0.2, 0.25) is 0 Å². The predicted octanol–water partition coefficient (Wildman–Crippen LogP) is 2.24. The summed E-state index contributed by atoms with van der Waals surface area (Å²) < 4.78 is 14.0. The van der Waals surface area contributed by atoms with Gasteiger partial charge in [-0.15, -0.1) is 0 Å². The van der Waals surface area contributed by atoms with Crippen LogP contribution in [0.2, 0.25) is 0 Å². The Kier molecular flexibility index (Phi) is 3.91. The first-order chi connectivity index (χ1) is 8.45. The van der Waals surface area contributed by atoms with Crippen molar-refractivity contribution in [1.29, 1.82) is 0 Å². The summed E-state index contributed by atoms with van der Waals surface area (Å²) in [5, 5.41) is 0. The van der Waals surface area contributed by atoms with E-state index in [-0.39, 0.29) is 17.1 Å². The number of carbonyl (C=O) groups is 1. The highest BCUT2D eigenvalue weighted by molar-refractivity contribution is 14.1. The van der Waals surface area contributed by atoms with Crippen LogP contribution in [0.1, 0.15) is 23.7 Å². The van der Waals surface area contributed by atoms with Gasteiger partial charge in [-0.1, -0.05) is 6.92 Å². The molecule has 1 atom stereocenters. The molecule has 0 saturated carbocycles. The van der Waals surface area contributed by atoms with E-state index in [1.165, 1.54) is 6.07 Å². The van der Waals surface area contributed by atoms with Crippen LogP contribution in [0.5, 0.6) is 0 Å². The van der Waals surface area contributed by atoms with Crippen LogP contribution in [0, 0.1) is 14.8 Å². The van der Waals surface area contributed by atoms with E-state index in [4.69, 9.17) is 5.73 Å². The van der Waals surface area contributed by atoms with E-state index >= 15 is 0 Å². The fourth-order valence-electron chi connectivity index (χ4n) is 2.18. The smallest absolute Gasteiger partial charge is 0.253 e. The van der Waals surface area contributed by atoms with Crippen molar-refractivity contribution in [2.24, 2.45) is 11.1 Å². The molecule has 2 N–H and O–H groups in total. The number of hydrogen-bond donors (Lipinski definition) is 1. The van der Waals surface area contributed by atoms with Gasteiger partial charge in [-0.25, -0.2) is 4.39 Å². The highest BCUT2D eigenvalue weighted by Crippen LogP contribution is 2.29. The largest absolute Gasteiger partial charge is 0.338 e. The molecule has 1 aromatic rings. The summed E-state index contributed by atoms with van der Waals surface area (Å²) >= 11 is 1.91. The van der Waals surface area contributed by atoms with E-state index in [1.807, 2.05) is 22.6 Å². The second kappa shape index (κ2) is 5.13. The molecule has 5 heteroatoms. The molecule has 1 amide bonds. The van der Waals surface area contributed by atoms with Gasteiger partial charge < -0.3 is 10.6 Å². The zero-order chi connectivity index (χ0) is 13.3. The second-order valence-corrected chi connectivity index (χ2v) is 6.28. The average molecular weight is 362 g/mol. The monoisotopic (exact) mass is 362 g/mol. The minimum atomic E-state index is -0.345. The van der Waals surface area contributed by atoms with Gasteiger partial charge in [0.25, 0.3) is 5.91 Å². The van der Waals surface area contributed by atoms with Crippen LogP contribution in [0.15, 0.2) is 18.2 Å². The molecule has 0 spiro atoms. The molecule has 1 aromatic carbocycles. The second-order valence-electron chi connectivity index (χ2n) is 5.12. The van der Waals surface area contributed by atoms with E-state index in [0.717, 1.165) is 6.42 Å². The third-order valence-electron chi connectivity index (χ3n) is 3.50. The van der Waals surface area contributed by atoms with Crippen LogP contribution in [-0.4, -0.2) is 30.4 Å². The maximum absolute atomic E-state index is 13.4. The predicted molar refractivity (Wildman–Crippen MR) is 76.8 cm³/mol. The summed E-state index contributed by atoms with van der Waals surface area (Å²) in [5.41, 5.74) is 6.12. The zero-order valence-electron chi connectivity index (χ0n) is 10.2. The molecular weight excluding hydrogens is 346 g/mol. The first-order valence-corrected chi connectivity index (χ1v) is 6.97. The van der Waals surface area contributed by atoms with Crippen LogP contribution in [-0.2, 0) is 0 Å². The number of likely N-dealkylation sites (tertiary alicyclic amines) is 1.